The number of aromatic nitrogens is 4. The third-order valence-electron chi connectivity index (χ3n) is 2.85. The quantitative estimate of drug-likeness (QED) is 0.844. The van der Waals surface area contributed by atoms with E-state index in [-0.39, 0.29) is 17.0 Å². The Hall–Kier alpha value is -1.72. The fourth-order valence-electron chi connectivity index (χ4n) is 1.64. The lowest BCUT2D eigenvalue weighted by Crippen LogP contribution is -2.14. The van der Waals surface area contributed by atoms with Crippen LogP contribution >= 0.6 is 23.1 Å². The van der Waals surface area contributed by atoms with E-state index in [1.54, 1.807) is 0 Å². The Morgan fingerprint density at radius 2 is 2.23 bits per heavy atom. The standard InChI is InChI=1S/C14H17N5OS2/c1-8-6-21-11(16-8)9(5-15)10(20)7-22-13-17-12(18-19-13)14(2,3)4/h6,9H,7H2,1-4H3,(H,17,18,19)/t9-/m1/s1. The van der Waals surface area contributed by atoms with E-state index in [0.29, 0.717) is 10.2 Å². The van der Waals surface area contributed by atoms with Gasteiger partial charge in [0.25, 0.3) is 0 Å². The number of nitriles is 1. The van der Waals surface area contributed by atoms with Crippen LogP contribution in [-0.2, 0) is 10.2 Å². The molecule has 0 bridgehead atoms. The highest BCUT2D eigenvalue weighted by atomic mass is 32.2. The molecule has 0 fully saturated rings. The van der Waals surface area contributed by atoms with Gasteiger partial charge >= 0.3 is 0 Å². The van der Waals surface area contributed by atoms with Gasteiger partial charge in [0.05, 0.1) is 11.8 Å². The lowest BCUT2D eigenvalue weighted by molar-refractivity contribution is -0.116. The maximum absolute atomic E-state index is 12.2. The summed E-state index contributed by atoms with van der Waals surface area (Å²) in [5, 5.41) is 19.1. The third-order valence-corrected chi connectivity index (χ3v) is 4.75. The van der Waals surface area contributed by atoms with E-state index in [9.17, 15) is 10.1 Å². The van der Waals surface area contributed by atoms with Crippen LogP contribution in [0.1, 0.15) is 43.2 Å². The first-order chi connectivity index (χ1) is 10.3. The van der Waals surface area contributed by atoms with Gasteiger partial charge in [-0.3, -0.25) is 9.89 Å². The summed E-state index contributed by atoms with van der Waals surface area (Å²) in [6.07, 6.45) is 0. The minimum absolute atomic E-state index is 0.122. The molecule has 0 radical (unpaired) electrons. The average Bonchev–Trinajstić information content (AvgIpc) is 3.06. The maximum atomic E-state index is 12.2. The second-order valence-electron chi connectivity index (χ2n) is 5.86. The number of thiazole rings is 1. The molecular formula is C14H17N5OS2. The Labute approximate surface area is 137 Å². The molecule has 116 valence electrons. The Morgan fingerprint density at radius 3 is 2.73 bits per heavy atom. The van der Waals surface area contributed by atoms with Crippen LogP contribution in [0.2, 0.25) is 0 Å². The number of nitrogens with one attached hydrogen (secondary N) is 1. The summed E-state index contributed by atoms with van der Waals surface area (Å²) in [5.74, 6) is -0.0656. The molecule has 0 aromatic carbocycles. The number of carbonyl (C=O) groups excluding carboxylic acids is 1. The van der Waals surface area contributed by atoms with Gasteiger partial charge in [-0.1, -0.05) is 32.5 Å². The van der Waals surface area contributed by atoms with Crippen LogP contribution in [0.15, 0.2) is 10.5 Å². The molecule has 1 atom stereocenters. The summed E-state index contributed by atoms with van der Waals surface area (Å²) in [7, 11) is 0. The maximum Gasteiger partial charge on any atom is 0.208 e. The zero-order chi connectivity index (χ0) is 16.3. The first-order valence-electron chi connectivity index (χ1n) is 6.71. The monoisotopic (exact) mass is 335 g/mol. The molecule has 6 nitrogen and oxygen atoms in total. The molecule has 2 aromatic heterocycles. The van der Waals surface area contributed by atoms with Crippen molar-refractivity contribution >= 4 is 28.9 Å². The van der Waals surface area contributed by atoms with E-state index in [0.717, 1.165) is 11.5 Å². The topological polar surface area (TPSA) is 95.3 Å². The highest BCUT2D eigenvalue weighted by molar-refractivity contribution is 7.99. The van der Waals surface area contributed by atoms with Gasteiger partial charge < -0.3 is 0 Å². The van der Waals surface area contributed by atoms with Gasteiger partial charge in [0.2, 0.25) is 5.16 Å². The van der Waals surface area contributed by atoms with Crippen molar-refractivity contribution in [1.29, 1.82) is 5.26 Å². The molecule has 0 saturated heterocycles. The number of thioether (sulfide) groups is 1. The van der Waals surface area contributed by atoms with Crippen LogP contribution in [-0.4, -0.2) is 31.7 Å². The number of carbonyl (C=O) groups is 1. The van der Waals surface area contributed by atoms with Gasteiger partial charge in [-0.25, -0.2) is 9.97 Å². The SMILES string of the molecule is Cc1csc([C@H](C#N)C(=O)CSc2n[nH]c(C(C)(C)C)n2)n1. The molecule has 22 heavy (non-hydrogen) atoms. The van der Waals surface area contributed by atoms with Crippen LogP contribution in [0.3, 0.4) is 0 Å². The predicted octanol–water partition coefficient (Wildman–Crippen LogP) is 2.84. The summed E-state index contributed by atoms with van der Waals surface area (Å²) >= 11 is 2.57. The summed E-state index contributed by atoms with van der Waals surface area (Å²) in [4.78, 5) is 20.8. The van der Waals surface area contributed by atoms with Crippen molar-refractivity contribution in [1.82, 2.24) is 20.2 Å². The first kappa shape index (κ1) is 16.6. The van der Waals surface area contributed by atoms with Crippen molar-refractivity contribution in [2.45, 2.75) is 44.2 Å². The summed E-state index contributed by atoms with van der Waals surface area (Å²) < 4.78 is 0. The van der Waals surface area contributed by atoms with Gasteiger partial charge in [0.15, 0.2) is 11.7 Å². The van der Waals surface area contributed by atoms with E-state index < -0.39 is 5.92 Å². The second-order valence-corrected chi connectivity index (χ2v) is 7.69. The van der Waals surface area contributed by atoms with Gasteiger partial charge in [-0.05, 0) is 6.92 Å². The molecule has 8 heteroatoms. The highest BCUT2D eigenvalue weighted by Gasteiger charge is 2.24. The molecule has 0 spiro atoms. The number of aryl methyl sites for hydroxylation is 1. The predicted molar refractivity (Wildman–Crippen MR) is 86.0 cm³/mol. The van der Waals surface area contributed by atoms with Crippen molar-refractivity contribution in [2.75, 3.05) is 5.75 Å². The number of hydrogen-bond donors (Lipinski definition) is 1. The molecule has 2 rings (SSSR count). The second kappa shape index (κ2) is 6.58. The number of nitrogens with zero attached hydrogens (tertiary/aromatic N) is 4. The summed E-state index contributed by atoms with van der Waals surface area (Å²) in [6.45, 7) is 7.94. The molecule has 0 amide bonds. The lowest BCUT2D eigenvalue weighted by atomic mass is 9.96. The summed E-state index contributed by atoms with van der Waals surface area (Å²) in [5.41, 5.74) is 0.702. The Bertz CT molecular complexity index is 707. The minimum Gasteiger partial charge on any atom is -0.297 e. The van der Waals surface area contributed by atoms with E-state index in [1.807, 2.05) is 39.1 Å². The number of rotatable bonds is 5. The molecule has 0 unspecified atom stereocenters. The number of H-pyrrole nitrogens is 1. The molecule has 0 aliphatic rings. The average molecular weight is 335 g/mol. The van der Waals surface area contributed by atoms with Crippen LogP contribution in [0.25, 0.3) is 0 Å². The van der Waals surface area contributed by atoms with Gasteiger partial charge in [-0.15, -0.1) is 16.4 Å². The smallest absolute Gasteiger partial charge is 0.208 e. The van der Waals surface area contributed by atoms with E-state index in [4.69, 9.17) is 0 Å². The van der Waals surface area contributed by atoms with Crippen LogP contribution < -0.4 is 0 Å². The van der Waals surface area contributed by atoms with Gasteiger partial charge in [0, 0.05) is 16.5 Å². The molecule has 2 aromatic rings. The molecule has 0 aliphatic heterocycles. The van der Waals surface area contributed by atoms with Gasteiger partial charge in [0.1, 0.15) is 10.8 Å². The molecule has 1 N–H and O–H groups in total. The third kappa shape index (κ3) is 3.93. The van der Waals surface area contributed by atoms with Crippen LogP contribution in [0, 0.1) is 18.3 Å². The fourth-order valence-corrected chi connectivity index (χ4v) is 3.20. The van der Waals surface area contributed by atoms with Crippen LogP contribution in [0.4, 0.5) is 0 Å². The Kier molecular flexibility index (Phi) is 4.98. The molecule has 0 saturated carbocycles. The fraction of sp³-hybridized carbons (Fsp3) is 0.500. The van der Waals surface area contributed by atoms with Crippen LogP contribution in [0.5, 0.6) is 0 Å². The Morgan fingerprint density at radius 1 is 1.50 bits per heavy atom. The number of ketones is 1. The Balaban J connectivity index is 2.00. The van der Waals surface area contributed by atoms with Crippen molar-refractivity contribution in [3.63, 3.8) is 0 Å². The zero-order valence-electron chi connectivity index (χ0n) is 12.9. The highest BCUT2D eigenvalue weighted by Crippen LogP contribution is 2.25. The van der Waals surface area contributed by atoms with Gasteiger partial charge in [-0.2, -0.15) is 5.26 Å². The minimum atomic E-state index is -0.813. The molecular weight excluding hydrogens is 318 g/mol. The lowest BCUT2D eigenvalue weighted by Gasteiger charge is -2.12. The van der Waals surface area contributed by atoms with Crippen molar-refractivity contribution < 1.29 is 4.79 Å². The van der Waals surface area contributed by atoms with Crippen molar-refractivity contribution in [3.05, 3.63) is 21.9 Å². The normalized spacial score (nSPS) is 12.9. The van der Waals surface area contributed by atoms with Crippen molar-refractivity contribution in [2.24, 2.45) is 0 Å². The van der Waals surface area contributed by atoms with E-state index in [2.05, 4.69) is 20.2 Å². The zero-order valence-corrected chi connectivity index (χ0v) is 14.5. The largest absolute Gasteiger partial charge is 0.297 e. The number of hydrogen-bond acceptors (Lipinski definition) is 7. The first-order valence-corrected chi connectivity index (χ1v) is 8.58. The molecule has 0 aliphatic carbocycles. The number of Topliss-reactive ketones (excluding diaryl/α,β-unsaturated/α-hetero) is 1. The number of aromatic amines is 1. The van der Waals surface area contributed by atoms with E-state index in [1.165, 1.54) is 23.1 Å². The summed E-state index contributed by atoms with van der Waals surface area (Å²) in [6, 6.07) is 2.03. The van der Waals surface area contributed by atoms with Crippen molar-refractivity contribution in [3.8, 4) is 6.07 Å². The molecule has 2 heterocycles. The van der Waals surface area contributed by atoms with E-state index >= 15 is 0 Å².